The third-order valence-electron chi connectivity index (χ3n) is 1.72. The van der Waals surface area contributed by atoms with Gasteiger partial charge in [0.2, 0.25) is 0 Å². The minimum absolute atomic E-state index is 0.0187. The fourth-order valence-corrected chi connectivity index (χ4v) is 1.84. The molecule has 14 heavy (non-hydrogen) atoms. The van der Waals surface area contributed by atoms with Gasteiger partial charge in [-0.15, -0.1) is 0 Å². The Morgan fingerprint density at radius 3 is 2.79 bits per heavy atom. The third-order valence-corrected chi connectivity index (χ3v) is 2.49. The first-order valence-electron chi connectivity index (χ1n) is 3.66. The van der Waals surface area contributed by atoms with Crippen LogP contribution in [0, 0.1) is 5.82 Å². The largest absolute Gasteiger partial charge is 0.443 e. The molecule has 0 unspecified atom stereocenters. The zero-order valence-electron chi connectivity index (χ0n) is 6.68. The van der Waals surface area contributed by atoms with Gasteiger partial charge >= 0.3 is 0 Å². The minimum Gasteiger partial charge on any atom is -0.443 e. The molecule has 0 aliphatic carbocycles. The van der Waals surface area contributed by atoms with Crippen molar-refractivity contribution in [2.45, 2.75) is 0 Å². The molecule has 0 bridgehead atoms. The smallest absolute Gasteiger partial charge is 0.197 e. The van der Waals surface area contributed by atoms with Crippen molar-refractivity contribution < 1.29 is 8.81 Å². The Balaban J connectivity index is 3.02. The Kier molecular flexibility index (Phi) is 2.33. The molecule has 0 saturated heterocycles. The van der Waals surface area contributed by atoms with Crippen LogP contribution in [0.2, 0.25) is 5.22 Å². The number of hydrogen-bond acceptors (Lipinski definition) is 2. The second kappa shape index (κ2) is 3.37. The van der Waals surface area contributed by atoms with Gasteiger partial charge in [0.25, 0.3) is 0 Å². The zero-order valence-corrected chi connectivity index (χ0v) is 9.02. The normalized spacial score (nSPS) is 10.8. The predicted molar refractivity (Wildman–Crippen MR) is 55.2 cm³/mol. The van der Waals surface area contributed by atoms with Crippen LogP contribution in [0.5, 0.6) is 0 Å². The number of hydrogen-bond donors (Lipinski definition) is 0. The topological polar surface area (TPSA) is 30.2 Å². The minimum atomic E-state index is -0.501. The molecule has 0 fully saturated rings. The van der Waals surface area contributed by atoms with Gasteiger partial charge in [-0.1, -0.05) is 0 Å². The highest BCUT2D eigenvalue weighted by Crippen LogP contribution is 2.25. The number of benzene rings is 1. The van der Waals surface area contributed by atoms with E-state index in [1.54, 1.807) is 0 Å². The lowest BCUT2D eigenvalue weighted by molar-refractivity contribution is 0.595. The van der Waals surface area contributed by atoms with Crippen LogP contribution in [0.3, 0.4) is 0 Å². The van der Waals surface area contributed by atoms with Crippen molar-refractivity contribution in [1.82, 2.24) is 0 Å². The molecule has 0 saturated carbocycles. The summed E-state index contributed by atoms with van der Waals surface area (Å²) in [5.41, 5.74) is -0.111. The van der Waals surface area contributed by atoms with E-state index in [-0.39, 0.29) is 21.6 Å². The molecule has 1 aromatic heterocycles. The van der Waals surface area contributed by atoms with E-state index in [0.29, 0.717) is 4.47 Å². The van der Waals surface area contributed by atoms with Gasteiger partial charge in [0.05, 0.1) is 9.86 Å². The van der Waals surface area contributed by atoms with E-state index in [0.717, 1.165) is 12.1 Å². The lowest BCUT2D eigenvalue weighted by Crippen LogP contribution is -1.99. The fraction of sp³-hybridized carbons (Fsp3) is 0. The highest BCUT2D eigenvalue weighted by Gasteiger charge is 2.08. The average Bonchev–Trinajstić information content (AvgIpc) is 2.07. The lowest BCUT2D eigenvalue weighted by Gasteiger charge is -1.99. The van der Waals surface area contributed by atoms with Gasteiger partial charge in [-0.25, -0.2) is 4.39 Å². The number of fused-ring (bicyclic) bond motifs is 1. The standard InChI is InChI=1S/C9H3BrClFO2/c10-6-2-4(12)1-5-7(13)3-8(11)14-9(5)6/h1-3H. The van der Waals surface area contributed by atoms with Crippen molar-refractivity contribution in [3.05, 3.63) is 43.9 Å². The number of rotatable bonds is 0. The molecule has 5 heteroatoms. The molecule has 72 valence electrons. The van der Waals surface area contributed by atoms with Crippen molar-refractivity contribution in [3.8, 4) is 0 Å². The Morgan fingerprint density at radius 2 is 2.07 bits per heavy atom. The van der Waals surface area contributed by atoms with Crippen LogP contribution in [0.4, 0.5) is 4.39 Å². The van der Waals surface area contributed by atoms with Crippen molar-refractivity contribution in [2.24, 2.45) is 0 Å². The predicted octanol–water partition coefficient (Wildman–Crippen LogP) is 3.35. The summed E-state index contributed by atoms with van der Waals surface area (Å²) >= 11 is 8.64. The molecule has 0 aliphatic heterocycles. The van der Waals surface area contributed by atoms with Gasteiger partial charge < -0.3 is 4.42 Å². The van der Waals surface area contributed by atoms with E-state index in [2.05, 4.69) is 15.9 Å². The molecular formula is C9H3BrClFO2. The van der Waals surface area contributed by atoms with Gasteiger partial charge in [0.1, 0.15) is 5.82 Å². The van der Waals surface area contributed by atoms with E-state index < -0.39 is 5.82 Å². The van der Waals surface area contributed by atoms with Gasteiger partial charge in [0, 0.05) is 6.07 Å². The van der Waals surface area contributed by atoms with Crippen LogP contribution in [-0.4, -0.2) is 0 Å². The Hall–Kier alpha value is -0.870. The van der Waals surface area contributed by atoms with Crippen LogP contribution in [0.15, 0.2) is 31.9 Å². The average molecular weight is 277 g/mol. The van der Waals surface area contributed by atoms with Gasteiger partial charge in [0.15, 0.2) is 16.2 Å². The van der Waals surface area contributed by atoms with E-state index >= 15 is 0 Å². The first kappa shape index (κ1) is 9.68. The molecular weight excluding hydrogens is 274 g/mol. The maximum atomic E-state index is 12.9. The summed E-state index contributed by atoms with van der Waals surface area (Å²) in [6.45, 7) is 0. The highest BCUT2D eigenvalue weighted by atomic mass is 79.9. The van der Waals surface area contributed by atoms with Gasteiger partial charge in [-0.2, -0.15) is 0 Å². The maximum absolute atomic E-state index is 12.9. The Bertz CT molecular complexity index is 564. The molecule has 1 heterocycles. The Morgan fingerprint density at radius 1 is 1.36 bits per heavy atom. The van der Waals surface area contributed by atoms with Crippen LogP contribution >= 0.6 is 27.5 Å². The summed E-state index contributed by atoms with van der Waals surface area (Å²) in [7, 11) is 0. The highest BCUT2D eigenvalue weighted by molar-refractivity contribution is 9.10. The monoisotopic (exact) mass is 276 g/mol. The molecule has 2 aromatic rings. The van der Waals surface area contributed by atoms with E-state index in [1.807, 2.05) is 0 Å². The molecule has 0 N–H and O–H groups in total. The first-order chi connectivity index (χ1) is 6.58. The maximum Gasteiger partial charge on any atom is 0.197 e. The van der Waals surface area contributed by atoms with E-state index in [9.17, 15) is 9.18 Å². The SMILES string of the molecule is O=c1cc(Cl)oc2c(Br)cc(F)cc12. The first-order valence-corrected chi connectivity index (χ1v) is 4.83. The quantitative estimate of drug-likeness (QED) is 0.739. The fourth-order valence-electron chi connectivity index (χ4n) is 1.15. The lowest BCUT2D eigenvalue weighted by atomic mass is 10.2. The molecule has 0 aliphatic rings. The summed E-state index contributed by atoms with van der Waals surface area (Å²) in [6, 6.07) is 3.43. The summed E-state index contributed by atoms with van der Waals surface area (Å²) in [6.07, 6.45) is 0. The van der Waals surface area contributed by atoms with E-state index in [1.165, 1.54) is 6.07 Å². The summed E-state index contributed by atoms with van der Waals surface area (Å²) in [5.74, 6) is -0.501. The van der Waals surface area contributed by atoms with Gasteiger partial charge in [-0.3, -0.25) is 4.79 Å². The van der Waals surface area contributed by atoms with Gasteiger partial charge in [-0.05, 0) is 39.7 Å². The molecule has 1 aromatic carbocycles. The Labute approximate surface area is 91.4 Å². The molecule has 0 radical (unpaired) electrons. The number of halogens is 3. The molecule has 0 atom stereocenters. The van der Waals surface area contributed by atoms with Crippen LogP contribution in [0.1, 0.15) is 0 Å². The summed E-state index contributed by atoms with van der Waals surface area (Å²) in [5, 5.41) is 0.149. The van der Waals surface area contributed by atoms with Crippen molar-refractivity contribution in [2.75, 3.05) is 0 Å². The van der Waals surface area contributed by atoms with E-state index in [4.69, 9.17) is 16.0 Å². The van der Waals surface area contributed by atoms with Crippen molar-refractivity contribution in [3.63, 3.8) is 0 Å². The van der Waals surface area contributed by atoms with Crippen LogP contribution in [-0.2, 0) is 0 Å². The summed E-state index contributed by atoms with van der Waals surface area (Å²) in [4.78, 5) is 11.4. The molecule has 0 spiro atoms. The second-order valence-electron chi connectivity index (χ2n) is 2.68. The van der Waals surface area contributed by atoms with Crippen LogP contribution in [0.25, 0.3) is 11.0 Å². The zero-order chi connectivity index (χ0) is 10.3. The second-order valence-corrected chi connectivity index (χ2v) is 3.91. The van der Waals surface area contributed by atoms with Crippen molar-refractivity contribution >= 4 is 38.5 Å². The molecule has 0 amide bonds. The molecule has 2 nitrogen and oxygen atoms in total. The van der Waals surface area contributed by atoms with Crippen LogP contribution < -0.4 is 5.43 Å². The van der Waals surface area contributed by atoms with Crippen molar-refractivity contribution in [1.29, 1.82) is 0 Å². The summed E-state index contributed by atoms with van der Waals surface area (Å²) < 4.78 is 18.4. The molecule has 2 rings (SSSR count). The third kappa shape index (κ3) is 1.55.